The Bertz CT molecular complexity index is 368. The fraction of sp³-hybridized carbons (Fsp3) is 0.400. The van der Waals surface area contributed by atoms with Crippen LogP contribution in [0.2, 0.25) is 0 Å². The molecule has 1 atom stereocenters. The molecular formula is C10H14N4S. The van der Waals surface area contributed by atoms with Gasteiger partial charge in [-0.15, -0.1) is 11.3 Å². The SMILES string of the molecule is CC(NCCn1cccn1)c1nccs1. The highest BCUT2D eigenvalue weighted by Gasteiger charge is 2.05. The van der Waals surface area contributed by atoms with Gasteiger partial charge in [-0.25, -0.2) is 4.98 Å². The van der Waals surface area contributed by atoms with Gasteiger partial charge in [0.2, 0.25) is 0 Å². The number of rotatable bonds is 5. The van der Waals surface area contributed by atoms with Gasteiger partial charge in [0.25, 0.3) is 0 Å². The van der Waals surface area contributed by atoms with Gasteiger partial charge >= 0.3 is 0 Å². The summed E-state index contributed by atoms with van der Waals surface area (Å²) in [5.74, 6) is 0. The highest BCUT2D eigenvalue weighted by atomic mass is 32.1. The molecule has 0 fully saturated rings. The summed E-state index contributed by atoms with van der Waals surface area (Å²) >= 11 is 1.68. The molecule has 4 nitrogen and oxygen atoms in total. The molecule has 0 amide bonds. The summed E-state index contributed by atoms with van der Waals surface area (Å²) in [5.41, 5.74) is 0. The molecule has 0 aliphatic rings. The topological polar surface area (TPSA) is 42.7 Å². The molecule has 0 bridgehead atoms. The van der Waals surface area contributed by atoms with E-state index in [1.54, 1.807) is 17.5 Å². The molecule has 0 spiro atoms. The zero-order valence-electron chi connectivity index (χ0n) is 8.63. The number of hydrogen-bond donors (Lipinski definition) is 1. The number of thiazole rings is 1. The van der Waals surface area contributed by atoms with Gasteiger partial charge in [0.1, 0.15) is 5.01 Å². The summed E-state index contributed by atoms with van der Waals surface area (Å²) in [5, 5.41) is 10.7. The molecule has 15 heavy (non-hydrogen) atoms. The molecule has 80 valence electrons. The lowest BCUT2D eigenvalue weighted by Crippen LogP contribution is -2.23. The van der Waals surface area contributed by atoms with E-state index in [-0.39, 0.29) is 0 Å². The molecule has 0 saturated carbocycles. The minimum Gasteiger partial charge on any atom is -0.306 e. The lowest BCUT2D eigenvalue weighted by molar-refractivity contribution is 0.506. The van der Waals surface area contributed by atoms with Crippen molar-refractivity contribution in [3.8, 4) is 0 Å². The predicted octanol–water partition coefficient (Wildman–Crippen LogP) is 1.69. The first-order chi connectivity index (χ1) is 7.36. The van der Waals surface area contributed by atoms with E-state index in [9.17, 15) is 0 Å². The summed E-state index contributed by atoms with van der Waals surface area (Å²) < 4.78 is 1.92. The summed E-state index contributed by atoms with van der Waals surface area (Å²) in [6.45, 7) is 3.92. The summed E-state index contributed by atoms with van der Waals surface area (Å²) in [6, 6.07) is 2.25. The minimum atomic E-state index is 0.320. The van der Waals surface area contributed by atoms with Crippen LogP contribution in [0.15, 0.2) is 30.0 Å². The molecule has 1 unspecified atom stereocenters. The van der Waals surface area contributed by atoms with Gasteiger partial charge < -0.3 is 5.32 Å². The van der Waals surface area contributed by atoms with E-state index in [1.165, 1.54) is 0 Å². The molecule has 5 heteroatoms. The van der Waals surface area contributed by atoms with Gasteiger partial charge in [0.05, 0.1) is 12.6 Å². The number of nitrogens with one attached hydrogen (secondary N) is 1. The highest BCUT2D eigenvalue weighted by Crippen LogP contribution is 2.13. The number of aromatic nitrogens is 3. The average molecular weight is 222 g/mol. The van der Waals surface area contributed by atoms with Crippen molar-refractivity contribution in [2.24, 2.45) is 0 Å². The van der Waals surface area contributed by atoms with E-state index in [2.05, 4.69) is 22.3 Å². The largest absolute Gasteiger partial charge is 0.306 e. The molecule has 0 aliphatic heterocycles. The van der Waals surface area contributed by atoms with Crippen molar-refractivity contribution in [1.82, 2.24) is 20.1 Å². The molecule has 2 rings (SSSR count). The van der Waals surface area contributed by atoms with Crippen LogP contribution in [0.3, 0.4) is 0 Å². The molecular weight excluding hydrogens is 208 g/mol. The van der Waals surface area contributed by atoms with Crippen molar-refractivity contribution in [3.05, 3.63) is 35.0 Å². The zero-order chi connectivity index (χ0) is 10.5. The van der Waals surface area contributed by atoms with Crippen LogP contribution in [0.4, 0.5) is 0 Å². The molecule has 2 heterocycles. The molecule has 0 radical (unpaired) electrons. The van der Waals surface area contributed by atoms with Crippen LogP contribution in [-0.4, -0.2) is 21.3 Å². The standard InChI is InChI=1S/C10H14N4S/c1-9(10-12-5-8-15-10)11-4-7-14-6-2-3-13-14/h2-3,5-6,8-9,11H,4,7H2,1H3. The maximum Gasteiger partial charge on any atom is 0.109 e. The summed E-state index contributed by atoms with van der Waals surface area (Å²) in [7, 11) is 0. The molecule has 2 aromatic heterocycles. The normalized spacial score (nSPS) is 12.9. The van der Waals surface area contributed by atoms with E-state index in [4.69, 9.17) is 0 Å². The first-order valence-corrected chi connectivity index (χ1v) is 5.84. The number of nitrogens with zero attached hydrogens (tertiary/aromatic N) is 3. The highest BCUT2D eigenvalue weighted by molar-refractivity contribution is 7.09. The van der Waals surface area contributed by atoms with E-state index in [0.717, 1.165) is 18.1 Å². The second-order valence-electron chi connectivity index (χ2n) is 3.32. The van der Waals surface area contributed by atoms with Gasteiger partial charge in [-0.1, -0.05) is 0 Å². The lowest BCUT2D eigenvalue weighted by atomic mass is 10.3. The van der Waals surface area contributed by atoms with Crippen LogP contribution in [0.25, 0.3) is 0 Å². The smallest absolute Gasteiger partial charge is 0.109 e. The first kappa shape index (κ1) is 10.3. The Morgan fingerprint density at radius 2 is 2.47 bits per heavy atom. The van der Waals surface area contributed by atoms with Crippen molar-refractivity contribution < 1.29 is 0 Å². The van der Waals surface area contributed by atoms with E-state index >= 15 is 0 Å². The van der Waals surface area contributed by atoms with Crippen LogP contribution in [-0.2, 0) is 6.54 Å². The van der Waals surface area contributed by atoms with Crippen molar-refractivity contribution >= 4 is 11.3 Å². The maximum absolute atomic E-state index is 4.27. The minimum absolute atomic E-state index is 0.320. The summed E-state index contributed by atoms with van der Waals surface area (Å²) in [4.78, 5) is 4.27. The molecule has 1 N–H and O–H groups in total. The number of hydrogen-bond acceptors (Lipinski definition) is 4. The van der Waals surface area contributed by atoms with Crippen LogP contribution in [0, 0.1) is 0 Å². The van der Waals surface area contributed by atoms with Crippen molar-refractivity contribution in [3.63, 3.8) is 0 Å². The molecule has 2 aromatic rings. The molecule has 0 aliphatic carbocycles. The van der Waals surface area contributed by atoms with Crippen LogP contribution < -0.4 is 5.32 Å². The predicted molar refractivity (Wildman–Crippen MR) is 60.8 cm³/mol. The third kappa shape index (κ3) is 2.87. The summed E-state index contributed by atoms with van der Waals surface area (Å²) in [6.07, 6.45) is 5.60. The Morgan fingerprint density at radius 1 is 1.53 bits per heavy atom. The first-order valence-electron chi connectivity index (χ1n) is 4.96. The third-order valence-corrected chi connectivity index (χ3v) is 3.13. The fourth-order valence-corrected chi connectivity index (χ4v) is 2.03. The average Bonchev–Trinajstić information content (AvgIpc) is 2.90. The Labute approximate surface area is 93.0 Å². The van der Waals surface area contributed by atoms with E-state index in [1.807, 2.05) is 28.5 Å². The Morgan fingerprint density at radius 3 is 3.13 bits per heavy atom. The van der Waals surface area contributed by atoms with Gasteiger partial charge in [-0.3, -0.25) is 4.68 Å². The van der Waals surface area contributed by atoms with Crippen LogP contribution >= 0.6 is 11.3 Å². The third-order valence-electron chi connectivity index (χ3n) is 2.17. The Balaban J connectivity index is 1.74. The van der Waals surface area contributed by atoms with E-state index < -0.39 is 0 Å². The van der Waals surface area contributed by atoms with E-state index in [0.29, 0.717) is 6.04 Å². The van der Waals surface area contributed by atoms with Gasteiger partial charge in [0.15, 0.2) is 0 Å². The quantitative estimate of drug-likeness (QED) is 0.837. The van der Waals surface area contributed by atoms with Crippen LogP contribution in [0.1, 0.15) is 18.0 Å². The second-order valence-corrected chi connectivity index (χ2v) is 4.24. The van der Waals surface area contributed by atoms with Crippen molar-refractivity contribution in [2.75, 3.05) is 6.54 Å². The van der Waals surface area contributed by atoms with Crippen molar-refractivity contribution in [2.45, 2.75) is 19.5 Å². The van der Waals surface area contributed by atoms with Crippen LogP contribution in [0.5, 0.6) is 0 Å². The van der Waals surface area contributed by atoms with Gasteiger partial charge in [0, 0.05) is 30.5 Å². The maximum atomic E-state index is 4.27. The van der Waals surface area contributed by atoms with Gasteiger partial charge in [-0.05, 0) is 13.0 Å². The zero-order valence-corrected chi connectivity index (χ0v) is 9.44. The lowest BCUT2D eigenvalue weighted by Gasteiger charge is -2.10. The molecule has 0 saturated heterocycles. The Hall–Kier alpha value is -1.20. The monoisotopic (exact) mass is 222 g/mol. The van der Waals surface area contributed by atoms with Crippen molar-refractivity contribution in [1.29, 1.82) is 0 Å². The second kappa shape index (κ2) is 5.04. The fourth-order valence-electron chi connectivity index (χ4n) is 1.36. The van der Waals surface area contributed by atoms with Gasteiger partial charge in [-0.2, -0.15) is 5.10 Å². The molecule has 0 aromatic carbocycles. The Kier molecular flexibility index (Phi) is 3.47.